The Morgan fingerprint density at radius 2 is 1.82 bits per heavy atom. The van der Waals surface area contributed by atoms with E-state index >= 15 is 0 Å². The summed E-state index contributed by atoms with van der Waals surface area (Å²) < 4.78 is 24.6. The third-order valence-electron chi connectivity index (χ3n) is 5.82. The van der Waals surface area contributed by atoms with E-state index in [4.69, 9.17) is 9.47 Å². The van der Waals surface area contributed by atoms with Crippen LogP contribution in [0.25, 0.3) is 10.9 Å². The number of aromatic nitrogens is 1. The molecule has 1 heterocycles. The molecule has 1 aromatic heterocycles. The molecule has 170 valence electrons. The summed E-state index contributed by atoms with van der Waals surface area (Å²) in [5.41, 5.74) is 3.77. The Balaban J connectivity index is 1.48. The van der Waals surface area contributed by atoms with Crippen molar-refractivity contribution < 1.29 is 18.7 Å². The number of nitrogens with one attached hydrogen (secondary N) is 2. The topological polar surface area (TPSA) is 63.3 Å². The molecule has 5 nitrogen and oxygen atoms in total. The number of hydrogen-bond acceptors (Lipinski definition) is 3. The molecule has 0 unspecified atom stereocenters. The molecule has 0 radical (unpaired) electrons. The van der Waals surface area contributed by atoms with E-state index in [1.807, 2.05) is 54.7 Å². The van der Waals surface area contributed by atoms with Gasteiger partial charge in [-0.3, -0.25) is 4.79 Å². The van der Waals surface area contributed by atoms with E-state index in [2.05, 4.69) is 10.3 Å². The van der Waals surface area contributed by atoms with Gasteiger partial charge in [0.25, 0.3) is 0 Å². The summed E-state index contributed by atoms with van der Waals surface area (Å²) in [4.78, 5) is 16.2. The molecule has 1 amide bonds. The third-order valence-corrected chi connectivity index (χ3v) is 5.82. The zero-order chi connectivity index (χ0) is 23.2. The van der Waals surface area contributed by atoms with Crippen LogP contribution in [0.5, 0.6) is 11.5 Å². The second kappa shape index (κ2) is 10.2. The Hall–Kier alpha value is -3.80. The Morgan fingerprint density at radius 3 is 2.61 bits per heavy atom. The van der Waals surface area contributed by atoms with Crippen molar-refractivity contribution >= 4 is 16.8 Å². The average Bonchev–Trinajstić information content (AvgIpc) is 3.26. The van der Waals surface area contributed by atoms with E-state index in [0.29, 0.717) is 24.5 Å². The highest BCUT2D eigenvalue weighted by Crippen LogP contribution is 2.33. The molecule has 0 aliphatic rings. The molecule has 33 heavy (non-hydrogen) atoms. The lowest BCUT2D eigenvalue weighted by Gasteiger charge is -2.17. The van der Waals surface area contributed by atoms with E-state index in [1.54, 1.807) is 20.3 Å². The van der Waals surface area contributed by atoms with Crippen LogP contribution in [0.15, 0.2) is 72.9 Å². The fourth-order valence-electron chi connectivity index (χ4n) is 4.15. The number of aromatic amines is 1. The van der Waals surface area contributed by atoms with Crippen molar-refractivity contribution in [2.75, 3.05) is 20.8 Å². The number of carbonyl (C=O) groups is 1. The maximum absolute atomic E-state index is 14.0. The van der Waals surface area contributed by atoms with Crippen LogP contribution < -0.4 is 14.8 Å². The molecule has 2 N–H and O–H groups in total. The normalized spacial score (nSPS) is 11.8. The molecular formula is C27H27FN2O3. The molecule has 0 fully saturated rings. The molecule has 0 saturated carbocycles. The van der Waals surface area contributed by atoms with Crippen LogP contribution in [0, 0.1) is 5.82 Å². The first-order valence-corrected chi connectivity index (χ1v) is 10.9. The first kappa shape index (κ1) is 22.4. The number of amides is 1. The van der Waals surface area contributed by atoms with Gasteiger partial charge in [-0.15, -0.1) is 0 Å². The van der Waals surface area contributed by atoms with Gasteiger partial charge < -0.3 is 19.8 Å². The Labute approximate surface area is 192 Å². The van der Waals surface area contributed by atoms with Crippen molar-refractivity contribution in [2.24, 2.45) is 0 Å². The largest absolute Gasteiger partial charge is 0.493 e. The molecule has 0 bridgehead atoms. The number of ether oxygens (including phenoxy) is 2. The highest BCUT2D eigenvalue weighted by atomic mass is 19.1. The Morgan fingerprint density at radius 1 is 1.00 bits per heavy atom. The zero-order valence-electron chi connectivity index (χ0n) is 18.7. The molecule has 0 spiro atoms. The van der Waals surface area contributed by atoms with Crippen molar-refractivity contribution in [1.29, 1.82) is 0 Å². The number of rotatable bonds is 9. The standard InChI is InChI=1S/C27H27FN2O3/c1-32-25-11-10-18(14-26(25)33-2)12-13-29-27(31)16-22(19-6-5-7-20(28)15-19)23-17-30-24-9-4-3-8-21(23)24/h3-11,14-15,17,22,30H,12-13,16H2,1-2H3,(H,29,31)/t22-/m1/s1. The van der Waals surface area contributed by atoms with Crippen molar-refractivity contribution in [3.05, 3.63) is 95.4 Å². The number of benzene rings is 3. The van der Waals surface area contributed by atoms with E-state index in [-0.39, 0.29) is 24.1 Å². The van der Waals surface area contributed by atoms with E-state index in [9.17, 15) is 9.18 Å². The zero-order valence-corrected chi connectivity index (χ0v) is 18.7. The molecule has 4 aromatic rings. The summed E-state index contributed by atoms with van der Waals surface area (Å²) in [5.74, 6) is 0.660. The fourth-order valence-corrected chi connectivity index (χ4v) is 4.15. The lowest BCUT2D eigenvalue weighted by Crippen LogP contribution is -2.27. The van der Waals surface area contributed by atoms with Gasteiger partial charge in [0, 0.05) is 36.0 Å². The SMILES string of the molecule is COc1ccc(CCNC(=O)C[C@H](c2cccc(F)c2)c2c[nH]c3ccccc23)cc1OC. The van der Waals surface area contributed by atoms with Gasteiger partial charge in [-0.05, 0) is 53.4 Å². The van der Waals surface area contributed by atoms with Gasteiger partial charge in [0.2, 0.25) is 5.91 Å². The number of hydrogen-bond donors (Lipinski definition) is 2. The molecule has 4 rings (SSSR count). The van der Waals surface area contributed by atoms with Crippen LogP contribution in [0.4, 0.5) is 4.39 Å². The number of carbonyl (C=O) groups excluding carboxylic acids is 1. The quantitative estimate of drug-likeness (QED) is 0.371. The third kappa shape index (κ3) is 5.17. The Bertz CT molecular complexity index is 1250. The van der Waals surface area contributed by atoms with Gasteiger partial charge in [-0.25, -0.2) is 4.39 Å². The molecule has 6 heteroatoms. The first-order chi connectivity index (χ1) is 16.1. The molecule has 1 atom stereocenters. The minimum Gasteiger partial charge on any atom is -0.493 e. The van der Waals surface area contributed by atoms with Crippen LogP contribution in [0.3, 0.4) is 0 Å². The minimum absolute atomic E-state index is 0.0879. The van der Waals surface area contributed by atoms with Crippen molar-refractivity contribution in [1.82, 2.24) is 10.3 Å². The van der Waals surface area contributed by atoms with Crippen LogP contribution in [0.1, 0.15) is 29.0 Å². The second-order valence-corrected chi connectivity index (χ2v) is 7.89. The molecule has 0 aliphatic carbocycles. The lowest BCUT2D eigenvalue weighted by molar-refractivity contribution is -0.121. The highest BCUT2D eigenvalue weighted by Gasteiger charge is 2.22. The maximum atomic E-state index is 14.0. The van der Waals surface area contributed by atoms with Crippen LogP contribution >= 0.6 is 0 Å². The summed E-state index contributed by atoms with van der Waals surface area (Å²) in [5, 5.41) is 4.04. The first-order valence-electron chi connectivity index (χ1n) is 10.9. The summed E-state index contributed by atoms with van der Waals surface area (Å²) >= 11 is 0. The minimum atomic E-state index is -0.314. The Kier molecular flexibility index (Phi) is 6.93. The molecular weight excluding hydrogens is 419 g/mol. The van der Waals surface area contributed by atoms with Crippen molar-refractivity contribution in [3.63, 3.8) is 0 Å². The van der Waals surface area contributed by atoms with Crippen molar-refractivity contribution in [3.8, 4) is 11.5 Å². The predicted molar refractivity (Wildman–Crippen MR) is 127 cm³/mol. The fraction of sp³-hybridized carbons (Fsp3) is 0.222. The van der Waals surface area contributed by atoms with E-state index < -0.39 is 0 Å². The number of para-hydroxylation sites is 1. The van der Waals surface area contributed by atoms with E-state index in [0.717, 1.165) is 27.6 Å². The predicted octanol–water partition coefficient (Wildman–Crippen LogP) is 5.21. The number of H-pyrrole nitrogens is 1. The molecule has 3 aromatic carbocycles. The second-order valence-electron chi connectivity index (χ2n) is 7.89. The van der Waals surface area contributed by atoms with Gasteiger partial charge in [0.05, 0.1) is 14.2 Å². The monoisotopic (exact) mass is 446 g/mol. The number of methoxy groups -OCH3 is 2. The summed E-state index contributed by atoms with van der Waals surface area (Å²) in [6, 6.07) is 20.1. The summed E-state index contributed by atoms with van der Waals surface area (Å²) in [7, 11) is 3.20. The number of fused-ring (bicyclic) bond motifs is 1. The maximum Gasteiger partial charge on any atom is 0.220 e. The van der Waals surface area contributed by atoms with Gasteiger partial charge >= 0.3 is 0 Å². The highest BCUT2D eigenvalue weighted by molar-refractivity contribution is 5.86. The smallest absolute Gasteiger partial charge is 0.220 e. The van der Waals surface area contributed by atoms with Crippen LogP contribution in [0.2, 0.25) is 0 Å². The molecule has 0 aliphatic heterocycles. The van der Waals surface area contributed by atoms with Crippen LogP contribution in [-0.4, -0.2) is 31.7 Å². The van der Waals surface area contributed by atoms with E-state index in [1.165, 1.54) is 12.1 Å². The average molecular weight is 447 g/mol. The number of halogens is 1. The summed E-state index contributed by atoms with van der Waals surface area (Å²) in [6.45, 7) is 0.484. The van der Waals surface area contributed by atoms with Gasteiger partial charge in [-0.2, -0.15) is 0 Å². The van der Waals surface area contributed by atoms with Crippen molar-refractivity contribution in [2.45, 2.75) is 18.8 Å². The van der Waals surface area contributed by atoms with Crippen LogP contribution in [-0.2, 0) is 11.2 Å². The molecule has 0 saturated heterocycles. The summed E-state index contributed by atoms with van der Waals surface area (Å²) in [6.07, 6.45) is 2.79. The lowest BCUT2D eigenvalue weighted by atomic mass is 9.88. The van der Waals surface area contributed by atoms with Gasteiger partial charge in [0.1, 0.15) is 5.82 Å². The van der Waals surface area contributed by atoms with Gasteiger partial charge in [0.15, 0.2) is 11.5 Å². The van der Waals surface area contributed by atoms with Gasteiger partial charge in [-0.1, -0.05) is 36.4 Å².